The van der Waals surface area contributed by atoms with Gasteiger partial charge in [-0.25, -0.2) is 0 Å². The van der Waals surface area contributed by atoms with E-state index >= 15 is 0 Å². The van der Waals surface area contributed by atoms with Crippen LogP contribution in [0, 0.1) is 0 Å². The average Bonchev–Trinajstić information content (AvgIpc) is 2.53. The van der Waals surface area contributed by atoms with Gasteiger partial charge in [-0.1, -0.05) is 36.4 Å². The molecule has 7 nitrogen and oxygen atoms in total. The zero-order chi connectivity index (χ0) is 18.5. The van der Waals surface area contributed by atoms with E-state index in [1.165, 1.54) is 24.3 Å². The first-order valence-corrected chi connectivity index (χ1v) is 10.3. The molecule has 0 radical (unpaired) electrons. The molecule has 0 aliphatic carbocycles. The minimum atomic E-state index is -4.29. The van der Waals surface area contributed by atoms with Crippen molar-refractivity contribution in [2.24, 2.45) is 0 Å². The van der Waals surface area contributed by atoms with Gasteiger partial charge in [-0.15, -0.1) is 0 Å². The van der Waals surface area contributed by atoms with Gasteiger partial charge >= 0.3 is 0 Å². The Balaban J connectivity index is 1.92. The fourth-order valence-corrected chi connectivity index (χ4v) is 3.89. The molecule has 25 heavy (non-hydrogen) atoms. The molecule has 0 bridgehead atoms. The third kappa shape index (κ3) is 5.62. The quantitative estimate of drug-likeness (QED) is 0.526. The van der Waals surface area contributed by atoms with E-state index in [9.17, 15) is 25.9 Å². The van der Waals surface area contributed by atoms with Crippen LogP contribution in [0.2, 0.25) is 0 Å². The van der Waals surface area contributed by atoms with Crippen molar-refractivity contribution in [3.63, 3.8) is 0 Å². The third-order valence-electron chi connectivity index (χ3n) is 3.53. The highest BCUT2D eigenvalue weighted by Crippen LogP contribution is 2.17. The number of hydrogen-bond acceptors (Lipinski definition) is 5. The first-order valence-electron chi connectivity index (χ1n) is 7.38. The Bertz CT molecular complexity index is 857. The molecule has 2 aromatic rings. The second-order valence-corrected chi connectivity index (χ2v) is 8.06. The molecule has 0 aliphatic heterocycles. The van der Waals surface area contributed by atoms with E-state index in [0.717, 1.165) is 0 Å². The minimum absolute atomic E-state index is 0.157. The highest BCUT2D eigenvalue weighted by molar-refractivity contribution is 7.86. The second kappa shape index (κ2) is 8.07. The van der Waals surface area contributed by atoms with Crippen LogP contribution in [0.1, 0.15) is 11.1 Å². The summed E-state index contributed by atoms with van der Waals surface area (Å²) in [4.78, 5) is -0.314. The van der Waals surface area contributed by atoms with Gasteiger partial charge in [0.1, 0.15) is 0 Å². The molecule has 2 rings (SSSR count). The normalized spacial score (nSPS) is 12.2. The van der Waals surface area contributed by atoms with Crippen molar-refractivity contribution in [1.82, 2.24) is 0 Å². The molecule has 136 valence electrons. The lowest BCUT2D eigenvalue weighted by Crippen LogP contribution is -2.09. The highest BCUT2D eigenvalue weighted by atomic mass is 32.2. The summed E-state index contributed by atoms with van der Waals surface area (Å²) in [5.74, 6) is 0. The molecule has 0 atom stereocenters. The van der Waals surface area contributed by atoms with E-state index in [-0.39, 0.29) is 35.8 Å². The molecule has 9 heteroatoms. The van der Waals surface area contributed by atoms with Crippen molar-refractivity contribution >= 4 is 20.2 Å². The zero-order valence-corrected chi connectivity index (χ0v) is 14.8. The summed E-state index contributed by atoms with van der Waals surface area (Å²) >= 11 is 0. The molecule has 2 aromatic carbocycles. The Morgan fingerprint density at radius 3 is 1.40 bits per heavy atom. The predicted molar refractivity (Wildman–Crippen MR) is 90.7 cm³/mol. The van der Waals surface area contributed by atoms with Crippen LogP contribution in [0.3, 0.4) is 0 Å². The summed E-state index contributed by atoms with van der Waals surface area (Å²) in [5.41, 5.74) is 0.867. The molecule has 2 N–H and O–H groups in total. The lowest BCUT2D eigenvalue weighted by atomic mass is 10.1. The van der Waals surface area contributed by atoms with Crippen molar-refractivity contribution in [2.75, 3.05) is 13.2 Å². The topological polar surface area (TPSA) is 118 Å². The van der Waals surface area contributed by atoms with Gasteiger partial charge in [0.05, 0.1) is 23.0 Å². The van der Waals surface area contributed by atoms with Gasteiger partial charge in [-0.3, -0.25) is 9.11 Å². The maximum absolute atomic E-state index is 11.3. The summed E-state index contributed by atoms with van der Waals surface area (Å²) in [7, 11) is -8.58. The lowest BCUT2D eigenvalue weighted by molar-refractivity contribution is 0.139. The summed E-state index contributed by atoms with van der Waals surface area (Å²) in [6, 6.07) is 12.1. The largest absolute Gasteiger partial charge is 0.381 e. The van der Waals surface area contributed by atoms with Crippen LogP contribution in [0.5, 0.6) is 0 Å². The van der Waals surface area contributed by atoms with Gasteiger partial charge in [0.25, 0.3) is 20.2 Å². The Labute approximate surface area is 146 Å². The van der Waals surface area contributed by atoms with E-state index in [0.29, 0.717) is 11.1 Å². The summed E-state index contributed by atoms with van der Waals surface area (Å²) in [6.07, 6.45) is 0.547. The number of rotatable bonds is 8. The maximum atomic E-state index is 11.3. The van der Waals surface area contributed by atoms with E-state index in [2.05, 4.69) is 0 Å². The van der Waals surface area contributed by atoms with Crippen molar-refractivity contribution in [1.29, 1.82) is 0 Å². The molecular weight excluding hydrogens is 368 g/mol. The molecule has 0 saturated heterocycles. The van der Waals surface area contributed by atoms with Gasteiger partial charge in [-0.05, 0) is 36.1 Å². The van der Waals surface area contributed by atoms with Crippen LogP contribution in [0.4, 0.5) is 0 Å². The third-order valence-corrected chi connectivity index (χ3v) is 5.44. The Hall–Kier alpha value is -1.78. The zero-order valence-electron chi connectivity index (χ0n) is 13.2. The van der Waals surface area contributed by atoms with E-state index < -0.39 is 20.2 Å². The van der Waals surface area contributed by atoms with Crippen LogP contribution in [-0.2, 0) is 37.8 Å². The molecule has 0 heterocycles. The number of ether oxygens (including phenoxy) is 1. The molecule has 0 aromatic heterocycles. The highest BCUT2D eigenvalue weighted by Gasteiger charge is 2.15. The molecular formula is C16H18O7S2. The fourth-order valence-electron chi connectivity index (χ4n) is 2.39. The summed E-state index contributed by atoms with van der Waals surface area (Å²) < 4.78 is 69.0. The van der Waals surface area contributed by atoms with Crippen LogP contribution < -0.4 is 0 Å². The van der Waals surface area contributed by atoms with Gasteiger partial charge in [-0.2, -0.15) is 16.8 Å². The average molecular weight is 386 g/mol. The van der Waals surface area contributed by atoms with Gasteiger partial charge < -0.3 is 4.74 Å². The van der Waals surface area contributed by atoms with Crippen LogP contribution in [0.25, 0.3) is 0 Å². The SMILES string of the molecule is O=S(=O)(O)c1ccccc1CCOCCc1ccccc1S(=O)(=O)O. The van der Waals surface area contributed by atoms with Crippen LogP contribution >= 0.6 is 0 Å². The first-order chi connectivity index (χ1) is 11.7. The predicted octanol–water partition coefficient (Wildman–Crippen LogP) is 1.98. The molecule has 0 aliphatic rings. The first kappa shape index (κ1) is 19.5. The van der Waals surface area contributed by atoms with Crippen molar-refractivity contribution in [3.8, 4) is 0 Å². The lowest BCUT2D eigenvalue weighted by Gasteiger charge is -2.09. The van der Waals surface area contributed by atoms with E-state index in [1.54, 1.807) is 24.3 Å². The fraction of sp³-hybridized carbons (Fsp3) is 0.250. The van der Waals surface area contributed by atoms with Crippen molar-refractivity contribution < 1.29 is 30.7 Å². The molecule has 0 fully saturated rings. The smallest absolute Gasteiger partial charge is 0.294 e. The van der Waals surface area contributed by atoms with Crippen molar-refractivity contribution in [2.45, 2.75) is 22.6 Å². The van der Waals surface area contributed by atoms with Gasteiger partial charge in [0.2, 0.25) is 0 Å². The van der Waals surface area contributed by atoms with Crippen LogP contribution in [-0.4, -0.2) is 39.2 Å². The Morgan fingerprint density at radius 1 is 0.680 bits per heavy atom. The molecule has 0 amide bonds. The second-order valence-electron chi connectivity index (χ2n) is 5.28. The van der Waals surface area contributed by atoms with Crippen molar-refractivity contribution in [3.05, 3.63) is 59.7 Å². The van der Waals surface area contributed by atoms with Crippen LogP contribution in [0.15, 0.2) is 58.3 Å². The molecule has 0 spiro atoms. The summed E-state index contributed by atoms with van der Waals surface area (Å²) in [5, 5.41) is 0. The van der Waals surface area contributed by atoms with E-state index in [1.807, 2.05) is 0 Å². The molecule has 0 saturated carbocycles. The van der Waals surface area contributed by atoms with Gasteiger partial charge in [0, 0.05) is 0 Å². The monoisotopic (exact) mass is 386 g/mol. The Morgan fingerprint density at radius 2 is 1.04 bits per heavy atom. The standard InChI is InChI=1S/C16H18O7S2/c17-24(18,19)15-7-3-1-5-13(15)9-11-23-12-10-14-6-2-4-8-16(14)25(20,21)22/h1-8H,9-12H2,(H,17,18,19)(H,20,21,22). The minimum Gasteiger partial charge on any atom is -0.381 e. The number of hydrogen-bond donors (Lipinski definition) is 2. The molecule has 0 unspecified atom stereocenters. The van der Waals surface area contributed by atoms with E-state index in [4.69, 9.17) is 4.74 Å². The summed E-state index contributed by atoms with van der Waals surface area (Å²) in [6.45, 7) is 0.390. The Kier molecular flexibility index (Phi) is 6.31. The number of benzene rings is 2. The van der Waals surface area contributed by atoms with Gasteiger partial charge in [0.15, 0.2) is 0 Å². The maximum Gasteiger partial charge on any atom is 0.294 e.